The highest BCUT2D eigenvalue weighted by molar-refractivity contribution is 7.89. The average molecular weight is 347 g/mol. The van der Waals surface area contributed by atoms with Crippen LogP contribution < -0.4 is 0 Å². The highest BCUT2D eigenvalue weighted by Gasteiger charge is 2.39. The van der Waals surface area contributed by atoms with Crippen molar-refractivity contribution in [3.05, 3.63) is 29.8 Å². The second-order valence-electron chi connectivity index (χ2n) is 6.30. The Labute approximate surface area is 142 Å². The highest BCUT2D eigenvalue weighted by Crippen LogP contribution is 2.27. The number of carbonyl (C=O) groups excluding carboxylic acids is 1. The molecule has 0 aromatic heterocycles. The summed E-state index contributed by atoms with van der Waals surface area (Å²) in [5.41, 5.74) is 0.414. The van der Waals surface area contributed by atoms with Crippen LogP contribution in [0.4, 0.5) is 0 Å². The standard InChI is InChI=1S/C17H21N3O3S/c18-13-14-6-8-15(9-7-14)24(22,23)20-12-2-1-5-16(20)17(21)19-10-3-4-11-19/h6-9,16H,1-5,10-12H2. The maximum Gasteiger partial charge on any atom is 0.243 e. The monoisotopic (exact) mass is 347 g/mol. The molecule has 0 bridgehead atoms. The Morgan fingerprint density at radius 1 is 1.04 bits per heavy atom. The molecule has 2 fully saturated rings. The molecule has 0 spiro atoms. The number of amides is 1. The van der Waals surface area contributed by atoms with Crippen molar-refractivity contribution in [3.8, 4) is 6.07 Å². The molecule has 0 radical (unpaired) electrons. The quantitative estimate of drug-likeness (QED) is 0.834. The first-order valence-corrected chi connectivity index (χ1v) is 9.79. The number of nitriles is 1. The van der Waals surface area contributed by atoms with E-state index in [0.717, 1.165) is 38.8 Å². The van der Waals surface area contributed by atoms with Crippen molar-refractivity contribution in [3.63, 3.8) is 0 Å². The lowest BCUT2D eigenvalue weighted by molar-refractivity contribution is -0.135. The topological polar surface area (TPSA) is 81.5 Å². The molecule has 1 amide bonds. The lowest BCUT2D eigenvalue weighted by atomic mass is 10.0. The number of rotatable bonds is 3. The van der Waals surface area contributed by atoms with Gasteiger partial charge < -0.3 is 4.90 Å². The number of likely N-dealkylation sites (tertiary alicyclic amines) is 1. The smallest absolute Gasteiger partial charge is 0.243 e. The number of nitrogens with zero attached hydrogens (tertiary/aromatic N) is 3. The Kier molecular flexibility index (Phi) is 4.88. The van der Waals surface area contributed by atoms with E-state index >= 15 is 0 Å². The number of carbonyl (C=O) groups is 1. The van der Waals surface area contributed by atoms with Crippen LogP contribution in [-0.2, 0) is 14.8 Å². The van der Waals surface area contributed by atoms with Gasteiger partial charge in [-0.15, -0.1) is 0 Å². The normalized spacial score (nSPS) is 22.3. The van der Waals surface area contributed by atoms with Crippen LogP contribution in [0.2, 0.25) is 0 Å². The molecule has 128 valence electrons. The predicted octanol–water partition coefficient (Wildman–Crippen LogP) is 1.72. The molecule has 2 saturated heterocycles. The first kappa shape index (κ1) is 16.9. The number of piperidine rings is 1. The van der Waals surface area contributed by atoms with Crippen LogP contribution in [-0.4, -0.2) is 49.2 Å². The van der Waals surface area contributed by atoms with Crippen LogP contribution in [0.15, 0.2) is 29.2 Å². The van der Waals surface area contributed by atoms with Crippen LogP contribution in [0.5, 0.6) is 0 Å². The molecule has 2 heterocycles. The summed E-state index contributed by atoms with van der Waals surface area (Å²) in [7, 11) is -3.73. The Morgan fingerprint density at radius 3 is 2.29 bits per heavy atom. The second-order valence-corrected chi connectivity index (χ2v) is 8.19. The van der Waals surface area contributed by atoms with Gasteiger partial charge in [0, 0.05) is 19.6 Å². The minimum absolute atomic E-state index is 0.0654. The van der Waals surface area contributed by atoms with Crippen molar-refractivity contribution in [2.75, 3.05) is 19.6 Å². The van der Waals surface area contributed by atoms with E-state index in [0.29, 0.717) is 18.5 Å². The average Bonchev–Trinajstić information content (AvgIpc) is 3.16. The second kappa shape index (κ2) is 6.91. The zero-order chi connectivity index (χ0) is 17.2. The van der Waals surface area contributed by atoms with Crippen molar-refractivity contribution < 1.29 is 13.2 Å². The molecular weight excluding hydrogens is 326 g/mol. The molecule has 1 aromatic carbocycles. The fraction of sp³-hybridized carbons (Fsp3) is 0.529. The predicted molar refractivity (Wildman–Crippen MR) is 88.5 cm³/mol. The number of hydrogen-bond acceptors (Lipinski definition) is 4. The molecule has 2 aliphatic heterocycles. The molecule has 0 saturated carbocycles. The van der Waals surface area contributed by atoms with Crippen molar-refractivity contribution in [1.82, 2.24) is 9.21 Å². The summed E-state index contributed by atoms with van der Waals surface area (Å²) in [6.45, 7) is 1.81. The van der Waals surface area contributed by atoms with E-state index in [2.05, 4.69) is 0 Å². The third-order valence-corrected chi connectivity index (χ3v) is 6.67. The fourth-order valence-corrected chi connectivity index (χ4v) is 5.08. The van der Waals surface area contributed by atoms with Gasteiger partial charge in [-0.2, -0.15) is 9.57 Å². The van der Waals surface area contributed by atoms with E-state index in [9.17, 15) is 13.2 Å². The van der Waals surface area contributed by atoms with Gasteiger partial charge in [0.2, 0.25) is 15.9 Å². The zero-order valence-corrected chi connectivity index (χ0v) is 14.3. The number of hydrogen-bond donors (Lipinski definition) is 0. The zero-order valence-electron chi connectivity index (χ0n) is 13.5. The van der Waals surface area contributed by atoms with E-state index < -0.39 is 16.1 Å². The van der Waals surface area contributed by atoms with Gasteiger partial charge in [-0.1, -0.05) is 6.42 Å². The van der Waals surface area contributed by atoms with Crippen LogP contribution >= 0.6 is 0 Å². The molecule has 0 N–H and O–H groups in total. The number of sulfonamides is 1. The summed E-state index contributed by atoms with van der Waals surface area (Å²) in [6.07, 6.45) is 4.18. The molecular formula is C17H21N3O3S. The van der Waals surface area contributed by atoms with Gasteiger partial charge in [0.05, 0.1) is 16.5 Å². The summed E-state index contributed by atoms with van der Waals surface area (Å²) < 4.78 is 27.3. The van der Waals surface area contributed by atoms with Gasteiger partial charge in [-0.25, -0.2) is 8.42 Å². The van der Waals surface area contributed by atoms with E-state index in [1.807, 2.05) is 6.07 Å². The lowest BCUT2D eigenvalue weighted by Crippen LogP contribution is -2.52. The SMILES string of the molecule is N#Cc1ccc(S(=O)(=O)N2CCCCC2C(=O)N2CCCC2)cc1. The lowest BCUT2D eigenvalue weighted by Gasteiger charge is -2.35. The van der Waals surface area contributed by atoms with Crippen molar-refractivity contribution in [1.29, 1.82) is 5.26 Å². The van der Waals surface area contributed by atoms with Crippen molar-refractivity contribution in [2.24, 2.45) is 0 Å². The third-order valence-electron chi connectivity index (χ3n) is 4.75. The maximum atomic E-state index is 13.0. The van der Waals surface area contributed by atoms with Crippen LogP contribution in [0.25, 0.3) is 0 Å². The van der Waals surface area contributed by atoms with Gasteiger partial charge in [0.1, 0.15) is 6.04 Å². The van der Waals surface area contributed by atoms with Crippen molar-refractivity contribution >= 4 is 15.9 Å². The Morgan fingerprint density at radius 2 is 1.67 bits per heavy atom. The first-order valence-electron chi connectivity index (χ1n) is 8.35. The van der Waals surface area contributed by atoms with Crippen LogP contribution in [0.3, 0.4) is 0 Å². The van der Waals surface area contributed by atoms with E-state index in [-0.39, 0.29) is 10.8 Å². The largest absolute Gasteiger partial charge is 0.341 e. The summed E-state index contributed by atoms with van der Waals surface area (Å²) >= 11 is 0. The third kappa shape index (κ3) is 3.17. The van der Waals surface area contributed by atoms with Crippen LogP contribution in [0.1, 0.15) is 37.7 Å². The van der Waals surface area contributed by atoms with Crippen molar-refractivity contribution in [2.45, 2.75) is 43.0 Å². The van der Waals surface area contributed by atoms with Gasteiger partial charge >= 0.3 is 0 Å². The minimum atomic E-state index is -3.73. The molecule has 24 heavy (non-hydrogen) atoms. The van der Waals surface area contributed by atoms with E-state index in [4.69, 9.17) is 5.26 Å². The van der Waals surface area contributed by atoms with Gasteiger partial charge in [0.25, 0.3) is 0 Å². The molecule has 6 nitrogen and oxygen atoms in total. The molecule has 3 rings (SSSR count). The Hall–Kier alpha value is -1.91. The summed E-state index contributed by atoms with van der Waals surface area (Å²) in [5, 5.41) is 8.86. The van der Waals surface area contributed by atoms with Gasteiger partial charge in [-0.3, -0.25) is 4.79 Å². The molecule has 1 aromatic rings. The van der Waals surface area contributed by atoms with Crippen LogP contribution in [0, 0.1) is 11.3 Å². The highest BCUT2D eigenvalue weighted by atomic mass is 32.2. The summed E-state index contributed by atoms with van der Waals surface area (Å²) in [4.78, 5) is 14.7. The van der Waals surface area contributed by atoms with Gasteiger partial charge in [0.15, 0.2) is 0 Å². The Bertz CT molecular complexity index is 746. The minimum Gasteiger partial charge on any atom is -0.341 e. The molecule has 7 heteroatoms. The summed E-state index contributed by atoms with van der Waals surface area (Å²) in [6, 6.07) is 7.26. The summed E-state index contributed by atoms with van der Waals surface area (Å²) in [5.74, 6) is -0.0654. The fourth-order valence-electron chi connectivity index (χ4n) is 3.42. The van der Waals surface area contributed by atoms with Gasteiger partial charge in [-0.05, 0) is 49.9 Å². The molecule has 2 aliphatic rings. The molecule has 0 aliphatic carbocycles. The Balaban J connectivity index is 1.88. The molecule has 1 atom stereocenters. The maximum absolute atomic E-state index is 13.0. The number of benzene rings is 1. The molecule has 1 unspecified atom stereocenters. The van der Waals surface area contributed by atoms with E-state index in [1.54, 1.807) is 4.90 Å². The van der Waals surface area contributed by atoms with E-state index in [1.165, 1.54) is 28.6 Å². The first-order chi connectivity index (χ1) is 11.5.